The molecular weight excluding hydrogens is 1760 g/mol. The van der Waals surface area contributed by atoms with Crippen molar-refractivity contribution in [1.82, 2.24) is 110 Å². The first-order valence-electron chi connectivity index (χ1n) is 58.9. The average molecular weight is 2000 g/mol. The van der Waals surface area contributed by atoms with Crippen LogP contribution in [0.2, 0.25) is 0 Å². The fourth-order valence-electron chi connectivity index (χ4n) is 19.9. The summed E-state index contributed by atoms with van der Waals surface area (Å²) in [5.74, 6) is 8.78. The number of nitrogens with zero attached hydrogens (tertiary/aromatic N) is 16. The summed E-state index contributed by atoms with van der Waals surface area (Å²) >= 11 is 0. The maximum Gasteiger partial charge on any atom is 0.246 e. The Morgan fingerprint density at radius 1 is 0.248 bits per heavy atom. The molecule has 0 aliphatic carbocycles. The summed E-state index contributed by atoms with van der Waals surface area (Å²) in [6.45, 7) is 119. The van der Waals surface area contributed by atoms with Gasteiger partial charge in [-0.1, -0.05) is 172 Å². The van der Waals surface area contributed by atoms with Crippen molar-refractivity contribution >= 4 is 17.7 Å². The van der Waals surface area contributed by atoms with E-state index in [1.54, 1.807) is 6.08 Å². The molecule has 0 spiro atoms. The Morgan fingerprint density at radius 2 is 0.475 bits per heavy atom. The summed E-state index contributed by atoms with van der Waals surface area (Å²) in [5.41, 5.74) is 0. The minimum Gasteiger partial charge on any atom is -0.395 e. The molecule has 0 saturated carbocycles. The molecule has 8 N–H and O–H groups in total. The Hall–Kier alpha value is -2.69. The smallest absolute Gasteiger partial charge is 0.246 e. The van der Waals surface area contributed by atoms with E-state index in [2.05, 4.69) is 269 Å². The average Bonchev–Trinajstić information content (AvgIpc) is 1.35. The van der Waals surface area contributed by atoms with E-state index in [1.165, 1.54) is 319 Å². The SMILES string of the molecule is CC(C)/C=C/C(=O)N1CCNCC1.CC(C)CC(=O)N1CCNCC1.CC(C)CCC(=O)N1CCNCC1.CC(C)CN1CCCN(C)CCC1.CC(C)CN1CCCN(CCO)CC1.CC(C)CN1CCCN(CCO)CCC1.CC(C)CN1CCCNCC1.CC(C)CN1CCCNCC1.CC(C)CN1CCCNCCC1.CCN1CCCN(CC(C)C)CC1.CCN1CCCN(CC(C)C)CCC1. The fraction of sp³-hybridized carbons (Fsp3) is 0.956. The molecule has 11 fully saturated rings. The highest BCUT2D eigenvalue weighted by molar-refractivity contribution is 5.87. The van der Waals surface area contributed by atoms with Gasteiger partial charge in [0.2, 0.25) is 17.7 Å². The number of β-amino-alcohol motifs (C(OH)–C–C–N with tert-alkyl or cyclic N) is 2. The van der Waals surface area contributed by atoms with Crippen LogP contribution in [-0.2, 0) is 14.4 Å². The van der Waals surface area contributed by atoms with Crippen molar-refractivity contribution in [2.45, 2.75) is 262 Å². The lowest BCUT2D eigenvalue weighted by Gasteiger charge is -2.30. The molecule has 11 rings (SSSR count). The van der Waals surface area contributed by atoms with Crippen molar-refractivity contribution in [3.63, 3.8) is 0 Å². The molecule has 27 heteroatoms. The maximum absolute atomic E-state index is 11.6. The van der Waals surface area contributed by atoms with Gasteiger partial charge in [0, 0.05) is 209 Å². The van der Waals surface area contributed by atoms with Gasteiger partial charge in [-0.15, -0.1) is 0 Å². The number of hydrogen-bond acceptors (Lipinski definition) is 24. The van der Waals surface area contributed by atoms with Gasteiger partial charge in [0.1, 0.15) is 0 Å². The van der Waals surface area contributed by atoms with Crippen molar-refractivity contribution in [2.75, 3.05) is 387 Å². The van der Waals surface area contributed by atoms with Gasteiger partial charge in [-0.2, -0.15) is 0 Å². The number of carbonyl (C=O) groups is 3. The van der Waals surface area contributed by atoms with Crippen LogP contribution in [0.15, 0.2) is 12.2 Å². The second-order valence-corrected chi connectivity index (χ2v) is 46.8. The van der Waals surface area contributed by atoms with Crippen molar-refractivity contribution in [1.29, 1.82) is 0 Å². The largest absolute Gasteiger partial charge is 0.395 e. The number of aliphatic hydroxyl groups excluding tert-OH is 2. The molecule has 11 aliphatic rings. The van der Waals surface area contributed by atoms with Gasteiger partial charge in [0.15, 0.2) is 0 Å². The number of aliphatic hydroxyl groups is 2. The molecule has 3 amide bonds. The Bertz CT molecular complexity index is 2720. The number of piperazine rings is 3. The van der Waals surface area contributed by atoms with Crippen molar-refractivity contribution < 1.29 is 24.6 Å². The van der Waals surface area contributed by atoms with Gasteiger partial charge in [-0.3, -0.25) is 19.3 Å². The standard InChI is InChI=1S/C12H26N2O.C12H26N2.C11H24N2O.2C11H24N2.C10H20N2O.C10H18N2O.C10H22N2.C9H18N2O.2C9H20N2/c1-12(2)11-14-7-3-5-13(9-10-15)6-4-8-14;1-4-13-7-5-9-14(10-6-8-13)11-12(2)3;1-11(2)10-13-5-3-4-12(6-7-13)8-9-14;1-11(2)10-13-8-4-6-12(3)7-5-9-13;1-4-12-6-5-7-13(9-8-12)10-11(2)3;2*1-9(2)3-4-10(13)12-7-5-11-6-8-12;1-10(2)9-12-7-3-5-11-6-4-8-12;1-8(2)7-9(12)11-5-3-10-4-6-11;2*1-9(2)8-11-6-3-4-10-5-7-11/h12,15H,3-11H2,1-2H3;12H,4-11H2,1-3H3;11,14H,3-10H2,1-2H3;2*11H,4-10H2,1-3H3;9,11H,3-8H2,1-2H3;3-4,9,11H,5-8H2,1-2H3;10-11H,3-9H2,1-2H3;8,10H,3-7H2,1-2H3;2*9-10H,3-8H2,1-2H3/b;;;;;;4-3+;;;;. The van der Waals surface area contributed by atoms with Gasteiger partial charge in [0.25, 0.3) is 0 Å². The van der Waals surface area contributed by atoms with Gasteiger partial charge >= 0.3 is 0 Å². The predicted octanol–water partition coefficient (Wildman–Crippen LogP) is 12.2. The molecule has 0 atom stereocenters. The number of likely N-dealkylation sites (N-methyl/N-ethyl adjacent to an activating group) is 1. The molecule has 27 nitrogen and oxygen atoms in total. The summed E-state index contributed by atoms with van der Waals surface area (Å²) < 4.78 is 0. The molecule has 0 unspecified atom stereocenters. The number of allylic oxidation sites excluding steroid dienone is 1. The van der Waals surface area contributed by atoms with E-state index in [0.29, 0.717) is 49.2 Å². The summed E-state index contributed by atoms with van der Waals surface area (Å²) in [7, 11) is 2.23. The third-order valence-electron chi connectivity index (χ3n) is 26.9. The molecule has 0 aromatic heterocycles. The molecular formula is C114H242N22O5. The van der Waals surface area contributed by atoms with Crippen molar-refractivity contribution in [2.24, 2.45) is 65.1 Å². The number of nitrogens with one attached hydrogen (secondary N) is 6. The fourth-order valence-corrected chi connectivity index (χ4v) is 19.9. The van der Waals surface area contributed by atoms with Crippen LogP contribution in [-0.4, -0.2) is 493 Å². The highest BCUT2D eigenvalue weighted by Gasteiger charge is 2.24. The van der Waals surface area contributed by atoms with Crippen molar-refractivity contribution in [3.8, 4) is 0 Å². The lowest BCUT2D eigenvalue weighted by atomic mass is 10.1. The van der Waals surface area contributed by atoms with Gasteiger partial charge in [-0.05, 0) is 332 Å². The molecule has 838 valence electrons. The summed E-state index contributed by atoms with van der Waals surface area (Å²) in [4.78, 5) is 73.5. The van der Waals surface area contributed by atoms with Crippen LogP contribution >= 0.6 is 0 Å². The molecule has 0 radical (unpaired) electrons. The number of hydrogen-bond donors (Lipinski definition) is 8. The molecule has 141 heavy (non-hydrogen) atoms. The normalized spacial score (nSPS) is 21.1. The minimum absolute atomic E-state index is 0.148. The predicted molar refractivity (Wildman–Crippen MR) is 609 cm³/mol. The van der Waals surface area contributed by atoms with Crippen LogP contribution in [0.3, 0.4) is 0 Å². The lowest BCUT2D eigenvalue weighted by molar-refractivity contribution is -0.133. The number of amides is 3. The van der Waals surface area contributed by atoms with Crippen molar-refractivity contribution in [3.05, 3.63) is 12.2 Å². The first-order valence-corrected chi connectivity index (χ1v) is 58.9. The van der Waals surface area contributed by atoms with E-state index in [4.69, 9.17) is 10.2 Å². The molecule has 0 aromatic rings. The Labute approximate surface area is 874 Å². The van der Waals surface area contributed by atoms with E-state index < -0.39 is 0 Å². The highest BCUT2D eigenvalue weighted by atomic mass is 16.3. The summed E-state index contributed by atoms with van der Waals surface area (Å²) in [6.07, 6.45) is 21.8. The van der Waals surface area contributed by atoms with Gasteiger partial charge in [0.05, 0.1) is 13.2 Å². The Kier molecular flexibility index (Phi) is 87.1. The highest BCUT2D eigenvalue weighted by Crippen LogP contribution is 2.15. The monoisotopic (exact) mass is 2000 g/mol. The number of rotatable bonds is 29. The quantitative estimate of drug-likeness (QED) is 0.0327. The summed E-state index contributed by atoms with van der Waals surface area (Å²) in [5, 5.41) is 37.7. The van der Waals surface area contributed by atoms with Crippen LogP contribution in [0.5, 0.6) is 0 Å². The van der Waals surface area contributed by atoms with Gasteiger partial charge < -0.3 is 116 Å². The molecule has 0 aromatic carbocycles. The van der Waals surface area contributed by atoms with Crippen LogP contribution in [0.1, 0.15) is 262 Å². The zero-order valence-corrected chi connectivity index (χ0v) is 97.9. The second kappa shape index (κ2) is 90.1. The Balaban J connectivity index is 0.000000776. The molecule has 0 bridgehead atoms. The third kappa shape index (κ3) is 81.8. The third-order valence-corrected chi connectivity index (χ3v) is 26.9. The minimum atomic E-state index is 0.148. The number of carbonyl (C=O) groups excluding carboxylic acids is 3. The van der Waals surface area contributed by atoms with Crippen LogP contribution in [0, 0.1) is 65.1 Å². The first kappa shape index (κ1) is 136. The van der Waals surface area contributed by atoms with E-state index in [9.17, 15) is 14.4 Å². The topological polar surface area (TPSA) is 216 Å². The van der Waals surface area contributed by atoms with E-state index in [0.717, 1.165) is 185 Å². The van der Waals surface area contributed by atoms with E-state index >= 15 is 0 Å². The molecule has 11 saturated heterocycles. The zero-order valence-electron chi connectivity index (χ0n) is 97.9. The van der Waals surface area contributed by atoms with Gasteiger partial charge in [-0.25, -0.2) is 0 Å². The lowest BCUT2D eigenvalue weighted by Crippen LogP contribution is -2.46. The zero-order chi connectivity index (χ0) is 105. The van der Waals surface area contributed by atoms with Crippen LogP contribution in [0.25, 0.3) is 0 Å². The Morgan fingerprint density at radius 3 is 0.766 bits per heavy atom. The van der Waals surface area contributed by atoms with Crippen LogP contribution < -0.4 is 31.9 Å². The van der Waals surface area contributed by atoms with Crippen LogP contribution in [0.4, 0.5) is 0 Å². The maximum atomic E-state index is 11.6. The van der Waals surface area contributed by atoms with E-state index in [1.807, 2.05) is 20.8 Å². The second-order valence-electron chi connectivity index (χ2n) is 46.8. The summed E-state index contributed by atoms with van der Waals surface area (Å²) in [6, 6.07) is 0. The molecule has 11 aliphatic heterocycles. The molecule has 11 heterocycles. The first-order chi connectivity index (χ1) is 67.5. The van der Waals surface area contributed by atoms with E-state index in [-0.39, 0.29) is 5.91 Å².